The molecule has 1 amide bonds. The van der Waals surface area contributed by atoms with E-state index in [4.69, 9.17) is 4.74 Å². The van der Waals surface area contributed by atoms with Crippen LogP contribution in [-0.4, -0.2) is 22.6 Å². The van der Waals surface area contributed by atoms with Crippen molar-refractivity contribution in [1.29, 1.82) is 0 Å². The quantitative estimate of drug-likeness (QED) is 0.701. The highest BCUT2D eigenvalue weighted by molar-refractivity contribution is 5.94. The number of halogens is 1. The lowest BCUT2D eigenvalue weighted by atomic mass is 10.1. The highest BCUT2D eigenvalue weighted by Crippen LogP contribution is 2.28. The standard InChI is InChI=1S/C23H24FN3O2/c1-29-20-12-5-4-8-17(20)15-25-23(28)21-19-11-3-2-6-13-27(19)22(26-21)16-9-7-10-18(24)14-16/h4-5,7-10,12,14H,2-3,6,11,13,15H2,1H3,(H,25,28). The van der Waals surface area contributed by atoms with Gasteiger partial charge in [-0.05, 0) is 37.5 Å². The van der Waals surface area contributed by atoms with Gasteiger partial charge in [-0.3, -0.25) is 4.79 Å². The van der Waals surface area contributed by atoms with Crippen molar-refractivity contribution >= 4 is 5.91 Å². The van der Waals surface area contributed by atoms with Crippen LogP contribution in [-0.2, 0) is 19.5 Å². The maximum Gasteiger partial charge on any atom is 0.272 e. The molecular formula is C23H24FN3O2. The highest BCUT2D eigenvalue weighted by atomic mass is 19.1. The van der Waals surface area contributed by atoms with Crippen LogP contribution >= 0.6 is 0 Å². The molecule has 0 fully saturated rings. The first-order valence-electron chi connectivity index (χ1n) is 9.93. The van der Waals surface area contributed by atoms with Gasteiger partial charge in [0, 0.05) is 24.2 Å². The summed E-state index contributed by atoms with van der Waals surface area (Å²) in [5, 5.41) is 2.97. The van der Waals surface area contributed by atoms with E-state index in [1.54, 1.807) is 13.2 Å². The van der Waals surface area contributed by atoms with Crippen LogP contribution < -0.4 is 10.1 Å². The van der Waals surface area contributed by atoms with E-state index in [2.05, 4.69) is 14.9 Å². The molecule has 0 saturated carbocycles. The third-order valence-corrected chi connectivity index (χ3v) is 5.30. The number of hydrogen-bond acceptors (Lipinski definition) is 3. The van der Waals surface area contributed by atoms with Crippen molar-refractivity contribution in [2.24, 2.45) is 0 Å². The fraction of sp³-hybridized carbons (Fsp3) is 0.304. The molecule has 4 rings (SSSR count). The number of amides is 1. The van der Waals surface area contributed by atoms with Gasteiger partial charge in [-0.1, -0.05) is 36.8 Å². The summed E-state index contributed by atoms with van der Waals surface area (Å²) in [5.41, 5.74) is 2.95. The zero-order valence-corrected chi connectivity index (χ0v) is 16.5. The van der Waals surface area contributed by atoms with Crippen molar-refractivity contribution in [1.82, 2.24) is 14.9 Å². The minimum Gasteiger partial charge on any atom is -0.496 e. The minimum absolute atomic E-state index is 0.218. The number of carbonyl (C=O) groups is 1. The zero-order valence-electron chi connectivity index (χ0n) is 16.5. The van der Waals surface area contributed by atoms with Crippen LogP contribution in [0.4, 0.5) is 4.39 Å². The Balaban J connectivity index is 1.65. The molecule has 0 atom stereocenters. The fourth-order valence-electron chi connectivity index (χ4n) is 3.86. The van der Waals surface area contributed by atoms with E-state index >= 15 is 0 Å². The van der Waals surface area contributed by atoms with Crippen LogP contribution in [0.15, 0.2) is 48.5 Å². The summed E-state index contributed by atoms with van der Waals surface area (Å²) in [6, 6.07) is 14.0. The molecule has 1 aliphatic heterocycles. The second-order valence-corrected chi connectivity index (χ2v) is 7.20. The molecule has 1 aromatic heterocycles. The maximum atomic E-state index is 13.8. The Kier molecular flexibility index (Phi) is 5.60. The monoisotopic (exact) mass is 393 g/mol. The Bertz CT molecular complexity index is 1030. The first-order valence-corrected chi connectivity index (χ1v) is 9.93. The van der Waals surface area contributed by atoms with E-state index in [1.807, 2.05) is 30.3 Å². The molecule has 2 heterocycles. The van der Waals surface area contributed by atoms with Gasteiger partial charge in [0.2, 0.25) is 0 Å². The summed E-state index contributed by atoms with van der Waals surface area (Å²) < 4.78 is 21.2. The van der Waals surface area contributed by atoms with Crippen molar-refractivity contribution < 1.29 is 13.9 Å². The number of carbonyl (C=O) groups excluding carboxylic acids is 1. The molecule has 0 aliphatic carbocycles. The second-order valence-electron chi connectivity index (χ2n) is 7.20. The molecular weight excluding hydrogens is 369 g/mol. The van der Waals surface area contributed by atoms with E-state index in [9.17, 15) is 9.18 Å². The third kappa shape index (κ3) is 4.01. The third-order valence-electron chi connectivity index (χ3n) is 5.30. The molecule has 3 aromatic rings. The maximum absolute atomic E-state index is 13.8. The van der Waals surface area contributed by atoms with Crippen molar-refractivity contribution in [3.8, 4) is 17.1 Å². The number of rotatable bonds is 5. The van der Waals surface area contributed by atoms with E-state index < -0.39 is 0 Å². The van der Waals surface area contributed by atoms with Crippen LogP contribution in [0.25, 0.3) is 11.4 Å². The molecule has 0 unspecified atom stereocenters. The molecule has 1 aliphatic rings. The van der Waals surface area contributed by atoms with Gasteiger partial charge < -0.3 is 14.6 Å². The SMILES string of the molecule is COc1ccccc1CNC(=O)c1nc(-c2cccc(F)c2)n2c1CCCCC2. The number of para-hydroxylation sites is 1. The lowest BCUT2D eigenvalue weighted by Gasteiger charge is -2.10. The number of benzene rings is 2. The smallest absolute Gasteiger partial charge is 0.272 e. The van der Waals surface area contributed by atoms with Crippen LogP contribution in [0.5, 0.6) is 5.75 Å². The molecule has 29 heavy (non-hydrogen) atoms. The summed E-state index contributed by atoms with van der Waals surface area (Å²) in [6.45, 7) is 1.14. The summed E-state index contributed by atoms with van der Waals surface area (Å²) in [4.78, 5) is 17.7. The number of nitrogens with one attached hydrogen (secondary N) is 1. The topological polar surface area (TPSA) is 56.1 Å². The van der Waals surface area contributed by atoms with Gasteiger partial charge in [0.25, 0.3) is 5.91 Å². The summed E-state index contributed by atoms with van der Waals surface area (Å²) in [5.74, 6) is 0.862. The number of aromatic nitrogens is 2. The number of imidazole rings is 1. The first kappa shape index (κ1) is 19.2. The van der Waals surface area contributed by atoms with Crippen LogP contribution in [0.2, 0.25) is 0 Å². The Hall–Kier alpha value is -3.15. The Morgan fingerprint density at radius 2 is 2.03 bits per heavy atom. The number of hydrogen-bond donors (Lipinski definition) is 1. The number of nitrogens with zero attached hydrogens (tertiary/aromatic N) is 2. The number of fused-ring (bicyclic) bond motifs is 1. The van der Waals surface area contributed by atoms with E-state index in [0.29, 0.717) is 23.6 Å². The van der Waals surface area contributed by atoms with E-state index in [0.717, 1.165) is 49.2 Å². The van der Waals surface area contributed by atoms with Crippen LogP contribution in [0, 0.1) is 5.82 Å². The molecule has 0 radical (unpaired) electrons. The van der Waals surface area contributed by atoms with Gasteiger partial charge in [-0.2, -0.15) is 0 Å². The minimum atomic E-state index is -0.310. The second kappa shape index (κ2) is 8.47. The van der Waals surface area contributed by atoms with Gasteiger partial charge in [-0.25, -0.2) is 9.37 Å². The average molecular weight is 393 g/mol. The van der Waals surface area contributed by atoms with Gasteiger partial charge in [0.05, 0.1) is 12.8 Å². The number of ether oxygens (including phenoxy) is 1. The van der Waals surface area contributed by atoms with Crippen LogP contribution in [0.1, 0.15) is 41.0 Å². The summed E-state index contributed by atoms with van der Waals surface area (Å²) in [7, 11) is 1.61. The lowest BCUT2D eigenvalue weighted by molar-refractivity contribution is 0.0945. The Labute approximate surface area is 169 Å². The molecule has 2 aromatic carbocycles. The highest BCUT2D eigenvalue weighted by Gasteiger charge is 2.24. The van der Waals surface area contributed by atoms with Gasteiger partial charge in [0.1, 0.15) is 23.1 Å². The van der Waals surface area contributed by atoms with Crippen molar-refractivity contribution in [3.63, 3.8) is 0 Å². The summed E-state index contributed by atoms with van der Waals surface area (Å²) >= 11 is 0. The van der Waals surface area contributed by atoms with Gasteiger partial charge >= 0.3 is 0 Å². The zero-order chi connectivity index (χ0) is 20.2. The van der Waals surface area contributed by atoms with Crippen molar-refractivity contribution in [2.75, 3.05) is 7.11 Å². The van der Waals surface area contributed by atoms with Crippen LogP contribution in [0.3, 0.4) is 0 Å². The van der Waals surface area contributed by atoms with E-state index in [1.165, 1.54) is 12.1 Å². The molecule has 6 heteroatoms. The number of methoxy groups -OCH3 is 1. The molecule has 150 valence electrons. The van der Waals surface area contributed by atoms with E-state index in [-0.39, 0.29) is 11.7 Å². The lowest BCUT2D eigenvalue weighted by Crippen LogP contribution is -2.24. The Morgan fingerprint density at radius 1 is 1.17 bits per heavy atom. The van der Waals surface area contributed by atoms with Gasteiger partial charge in [-0.15, -0.1) is 0 Å². The predicted molar refractivity (Wildman–Crippen MR) is 109 cm³/mol. The average Bonchev–Trinajstić information content (AvgIpc) is 2.93. The molecule has 1 N–H and O–H groups in total. The van der Waals surface area contributed by atoms with Crippen molar-refractivity contribution in [3.05, 3.63) is 71.3 Å². The molecule has 0 saturated heterocycles. The molecule has 5 nitrogen and oxygen atoms in total. The normalized spacial score (nSPS) is 13.4. The summed E-state index contributed by atoms with van der Waals surface area (Å²) in [6.07, 6.45) is 3.93. The van der Waals surface area contributed by atoms with Gasteiger partial charge in [0.15, 0.2) is 0 Å². The van der Waals surface area contributed by atoms with Crippen molar-refractivity contribution in [2.45, 2.75) is 38.8 Å². The Morgan fingerprint density at radius 3 is 2.86 bits per heavy atom. The fourth-order valence-corrected chi connectivity index (χ4v) is 3.86. The predicted octanol–water partition coefficient (Wildman–Crippen LogP) is 4.35. The first-order chi connectivity index (χ1) is 14.2. The largest absolute Gasteiger partial charge is 0.496 e. The molecule has 0 bridgehead atoms. The molecule has 0 spiro atoms.